The molecule has 0 fully saturated rings. The zero-order valence-corrected chi connectivity index (χ0v) is 11.3. The van der Waals surface area contributed by atoms with Crippen molar-refractivity contribution in [2.75, 3.05) is 12.9 Å². The fourth-order valence-corrected chi connectivity index (χ4v) is 2.05. The molecule has 0 saturated carbocycles. The fraction of sp³-hybridized carbons (Fsp3) is 0.417. The van der Waals surface area contributed by atoms with Gasteiger partial charge in [0.1, 0.15) is 0 Å². The number of benzene rings is 1. The summed E-state index contributed by atoms with van der Waals surface area (Å²) < 4.78 is 27.3. The third-order valence-electron chi connectivity index (χ3n) is 2.52. The van der Waals surface area contributed by atoms with Crippen LogP contribution in [0.25, 0.3) is 0 Å². The Kier molecular flexibility index (Phi) is 4.13. The van der Waals surface area contributed by atoms with Crippen LogP contribution in [0.4, 0.5) is 0 Å². The number of ether oxygens (including phenoxy) is 1. The van der Waals surface area contributed by atoms with Crippen molar-refractivity contribution in [3.05, 3.63) is 29.8 Å². The summed E-state index contributed by atoms with van der Waals surface area (Å²) >= 11 is 0. The zero-order valence-electron chi connectivity index (χ0n) is 10.5. The number of carbonyl (C=O) groups is 1. The third kappa shape index (κ3) is 3.08. The van der Waals surface area contributed by atoms with E-state index in [9.17, 15) is 18.3 Å². The lowest BCUT2D eigenvalue weighted by molar-refractivity contribution is -0.164. The first-order valence-corrected chi connectivity index (χ1v) is 7.29. The number of carbonyl (C=O) groups excluding carboxylic acids is 1. The maximum absolute atomic E-state index is 11.6. The first kappa shape index (κ1) is 14.7. The molecule has 0 aliphatic rings. The van der Waals surface area contributed by atoms with E-state index in [1.165, 1.54) is 31.2 Å². The van der Waals surface area contributed by atoms with Gasteiger partial charge in [-0.3, -0.25) is 0 Å². The number of hydrogen-bond donors (Lipinski definition) is 1. The summed E-state index contributed by atoms with van der Waals surface area (Å²) in [6.45, 7) is 3.11. The lowest BCUT2D eigenvalue weighted by Gasteiger charge is -2.21. The van der Waals surface area contributed by atoms with E-state index >= 15 is 0 Å². The van der Waals surface area contributed by atoms with E-state index in [-0.39, 0.29) is 17.1 Å². The summed E-state index contributed by atoms with van der Waals surface area (Å²) in [4.78, 5) is 11.7. The zero-order chi connectivity index (χ0) is 14.0. The Labute approximate surface area is 106 Å². The van der Waals surface area contributed by atoms with Crippen LogP contribution in [-0.2, 0) is 25.0 Å². The van der Waals surface area contributed by atoms with Crippen molar-refractivity contribution in [1.82, 2.24) is 0 Å². The van der Waals surface area contributed by atoms with Crippen molar-refractivity contribution in [2.45, 2.75) is 24.3 Å². The molecule has 1 aromatic rings. The first-order chi connectivity index (χ1) is 8.19. The molecule has 0 bridgehead atoms. The van der Waals surface area contributed by atoms with Crippen LogP contribution in [0, 0.1) is 0 Å². The number of hydrogen-bond acceptors (Lipinski definition) is 5. The Morgan fingerprint density at radius 1 is 1.33 bits per heavy atom. The molecular formula is C12H16O5S. The second kappa shape index (κ2) is 5.07. The topological polar surface area (TPSA) is 80.7 Å². The average molecular weight is 272 g/mol. The molecule has 0 unspecified atom stereocenters. The van der Waals surface area contributed by atoms with Gasteiger partial charge in [-0.05, 0) is 31.5 Å². The maximum atomic E-state index is 11.6. The molecular weight excluding hydrogens is 256 g/mol. The van der Waals surface area contributed by atoms with Crippen LogP contribution >= 0.6 is 0 Å². The van der Waals surface area contributed by atoms with E-state index in [1.807, 2.05) is 0 Å². The van der Waals surface area contributed by atoms with Gasteiger partial charge in [0.05, 0.1) is 11.5 Å². The monoisotopic (exact) mass is 272 g/mol. The second-order valence-corrected chi connectivity index (χ2v) is 6.10. The minimum atomic E-state index is -3.29. The molecule has 0 radical (unpaired) electrons. The van der Waals surface area contributed by atoms with Gasteiger partial charge < -0.3 is 9.84 Å². The second-order valence-electron chi connectivity index (χ2n) is 4.09. The summed E-state index contributed by atoms with van der Waals surface area (Å²) in [5.41, 5.74) is -1.50. The minimum absolute atomic E-state index is 0.130. The van der Waals surface area contributed by atoms with E-state index < -0.39 is 21.4 Å². The van der Waals surface area contributed by atoms with Crippen LogP contribution in [0.15, 0.2) is 29.2 Å². The van der Waals surface area contributed by atoms with Crippen LogP contribution in [0.2, 0.25) is 0 Å². The highest BCUT2D eigenvalue weighted by atomic mass is 32.2. The van der Waals surface area contributed by atoms with E-state index in [1.54, 1.807) is 6.92 Å². The molecule has 0 saturated heterocycles. The van der Waals surface area contributed by atoms with E-state index in [2.05, 4.69) is 0 Å². The highest BCUT2D eigenvalue weighted by molar-refractivity contribution is 7.90. The molecule has 100 valence electrons. The number of esters is 1. The maximum Gasteiger partial charge on any atom is 0.342 e. The van der Waals surface area contributed by atoms with Crippen LogP contribution in [-0.4, -0.2) is 32.4 Å². The van der Waals surface area contributed by atoms with Crippen molar-refractivity contribution in [2.24, 2.45) is 0 Å². The number of rotatable bonds is 4. The Morgan fingerprint density at radius 3 is 2.22 bits per heavy atom. The van der Waals surface area contributed by atoms with Gasteiger partial charge in [0, 0.05) is 6.26 Å². The van der Waals surface area contributed by atoms with Gasteiger partial charge >= 0.3 is 5.97 Å². The largest absolute Gasteiger partial charge is 0.464 e. The van der Waals surface area contributed by atoms with Gasteiger partial charge in [-0.15, -0.1) is 0 Å². The summed E-state index contributed by atoms with van der Waals surface area (Å²) in [6.07, 6.45) is 1.09. The number of sulfone groups is 1. The third-order valence-corrected chi connectivity index (χ3v) is 3.65. The fourth-order valence-electron chi connectivity index (χ4n) is 1.42. The molecule has 0 aliphatic carbocycles. The minimum Gasteiger partial charge on any atom is -0.464 e. The highest BCUT2D eigenvalue weighted by Crippen LogP contribution is 2.23. The quantitative estimate of drug-likeness (QED) is 0.822. The van der Waals surface area contributed by atoms with Gasteiger partial charge in [-0.25, -0.2) is 13.2 Å². The van der Waals surface area contributed by atoms with Crippen LogP contribution in [0.1, 0.15) is 19.4 Å². The summed E-state index contributed by atoms with van der Waals surface area (Å²) in [5, 5.41) is 10.1. The smallest absolute Gasteiger partial charge is 0.342 e. The van der Waals surface area contributed by atoms with Crippen LogP contribution < -0.4 is 0 Å². The normalized spacial score (nSPS) is 14.9. The molecule has 1 N–H and O–H groups in total. The van der Waals surface area contributed by atoms with Gasteiger partial charge in [-0.2, -0.15) is 0 Å². The predicted molar refractivity (Wildman–Crippen MR) is 65.8 cm³/mol. The lowest BCUT2D eigenvalue weighted by Crippen LogP contribution is -2.34. The molecule has 0 aromatic heterocycles. The Morgan fingerprint density at radius 2 is 1.83 bits per heavy atom. The van der Waals surface area contributed by atoms with E-state index in [0.717, 1.165) is 6.26 Å². The van der Waals surface area contributed by atoms with Crippen molar-refractivity contribution in [3.63, 3.8) is 0 Å². The molecule has 1 rings (SSSR count). The molecule has 1 atom stereocenters. The number of aliphatic hydroxyl groups is 1. The standard InChI is InChI=1S/C12H16O5S/c1-4-17-11(13)12(2,14)9-5-7-10(8-6-9)18(3,15)16/h5-8,14H,4H2,1-3H3/t12-/m1/s1. The molecule has 0 spiro atoms. The molecule has 18 heavy (non-hydrogen) atoms. The summed E-state index contributed by atoms with van der Waals surface area (Å²) in [6, 6.07) is 5.48. The lowest BCUT2D eigenvalue weighted by atomic mass is 9.96. The Balaban J connectivity index is 3.08. The van der Waals surface area contributed by atoms with E-state index in [4.69, 9.17) is 4.74 Å². The van der Waals surface area contributed by atoms with Gasteiger partial charge in [0.2, 0.25) is 0 Å². The van der Waals surface area contributed by atoms with Crippen molar-refractivity contribution >= 4 is 15.8 Å². The van der Waals surface area contributed by atoms with Gasteiger partial charge in [-0.1, -0.05) is 12.1 Å². The molecule has 1 aromatic carbocycles. The molecule has 0 amide bonds. The van der Waals surface area contributed by atoms with Crippen molar-refractivity contribution in [1.29, 1.82) is 0 Å². The highest BCUT2D eigenvalue weighted by Gasteiger charge is 2.34. The summed E-state index contributed by atoms with van der Waals surface area (Å²) in [7, 11) is -3.29. The van der Waals surface area contributed by atoms with E-state index in [0.29, 0.717) is 0 Å². The van der Waals surface area contributed by atoms with Crippen molar-refractivity contribution < 1.29 is 23.1 Å². The molecule has 6 heteroatoms. The summed E-state index contributed by atoms with van der Waals surface area (Å²) in [5.74, 6) is -0.767. The molecule has 5 nitrogen and oxygen atoms in total. The van der Waals surface area contributed by atoms with Crippen LogP contribution in [0.3, 0.4) is 0 Å². The molecule has 0 heterocycles. The average Bonchev–Trinajstić information content (AvgIpc) is 2.28. The van der Waals surface area contributed by atoms with Crippen molar-refractivity contribution in [3.8, 4) is 0 Å². The van der Waals surface area contributed by atoms with Gasteiger partial charge in [0.25, 0.3) is 0 Å². The predicted octanol–water partition coefficient (Wildman–Crippen LogP) is 0.861. The Bertz CT molecular complexity index is 528. The SMILES string of the molecule is CCOC(=O)[C@](C)(O)c1ccc(S(C)(=O)=O)cc1. The van der Waals surface area contributed by atoms with Gasteiger partial charge in [0.15, 0.2) is 15.4 Å². The first-order valence-electron chi connectivity index (χ1n) is 5.39. The van der Waals surface area contributed by atoms with Crippen LogP contribution in [0.5, 0.6) is 0 Å². The molecule has 0 aliphatic heterocycles. The Hall–Kier alpha value is -1.40.